The molecule has 0 saturated carbocycles. The molecule has 0 spiro atoms. The Balaban J connectivity index is 1.73. The van der Waals surface area contributed by atoms with Crippen LogP contribution in [0.25, 0.3) is 10.9 Å². The summed E-state index contributed by atoms with van der Waals surface area (Å²) in [5, 5.41) is 0.609. The smallest absolute Gasteiger partial charge is 0.327 e. The Hall–Kier alpha value is -2.75. The van der Waals surface area contributed by atoms with Gasteiger partial charge in [0.05, 0.1) is 10.4 Å². The molecular formula is C17H19N5O4S. The van der Waals surface area contributed by atoms with E-state index in [1.807, 2.05) is 4.90 Å². The van der Waals surface area contributed by atoms with Crippen LogP contribution in [0.3, 0.4) is 0 Å². The summed E-state index contributed by atoms with van der Waals surface area (Å²) in [6.45, 7) is 3.34. The number of fused-ring (bicyclic) bond motifs is 2. The van der Waals surface area contributed by atoms with E-state index in [0.717, 1.165) is 6.26 Å². The highest BCUT2D eigenvalue weighted by atomic mass is 32.2. The molecule has 1 atom stereocenters. The molecule has 2 fully saturated rings. The normalized spacial score (nSPS) is 20.5. The Kier molecular flexibility index (Phi) is 4.02. The van der Waals surface area contributed by atoms with Crippen LogP contribution < -0.4 is 4.90 Å². The second kappa shape index (κ2) is 6.15. The quantitative estimate of drug-likeness (QED) is 0.704. The first kappa shape index (κ1) is 17.7. The molecule has 4 rings (SSSR count). The number of hydrogen-bond donors (Lipinski definition) is 0. The number of likely N-dealkylation sites (N-methyl/N-ethyl adjacent to an activating group) is 1. The zero-order chi connectivity index (χ0) is 19.3. The van der Waals surface area contributed by atoms with E-state index in [9.17, 15) is 18.0 Å². The lowest BCUT2D eigenvalue weighted by Gasteiger charge is -2.36. The molecule has 3 heterocycles. The number of aromatic nitrogens is 2. The van der Waals surface area contributed by atoms with Gasteiger partial charge in [-0.05, 0) is 25.1 Å². The molecular weight excluding hydrogens is 370 g/mol. The van der Waals surface area contributed by atoms with Crippen molar-refractivity contribution >= 4 is 38.5 Å². The van der Waals surface area contributed by atoms with Crippen molar-refractivity contribution in [1.29, 1.82) is 0 Å². The number of hydrogen-bond acceptors (Lipinski definition) is 7. The van der Waals surface area contributed by atoms with Crippen molar-refractivity contribution in [3.05, 3.63) is 24.5 Å². The number of carbonyl (C=O) groups is 2. The summed E-state index contributed by atoms with van der Waals surface area (Å²) in [4.78, 5) is 38.3. The highest BCUT2D eigenvalue weighted by Crippen LogP contribution is 2.29. The van der Waals surface area contributed by atoms with Crippen molar-refractivity contribution in [3.8, 4) is 0 Å². The molecule has 10 heteroatoms. The van der Waals surface area contributed by atoms with Gasteiger partial charge in [0.15, 0.2) is 9.84 Å². The Morgan fingerprint density at radius 3 is 2.67 bits per heavy atom. The van der Waals surface area contributed by atoms with Gasteiger partial charge in [0.1, 0.15) is 18.2 Å². The Morgan fingerprint density at radius 2 is 1.96 bits per heavy atom. The van der Waals surface area contributed by atoms with Crippen LogP contribution >= 0.6 is 0 Å². The van der Waals surface area contributed by atoms with Crippen molar-refractivity contribution in [2.75, 3.05) is 37.3 Å². The van der Waals surface area contributed by atoms with Gasteiger partial charge >= 0.3 is 6.03 Å². The second-order valence-electron chi connectivity index (χ2n) is 6.67. The number of imide groups is 1. The van der Waals surface area contributed by atoms with Crippen molar-refractivity contribution in [2.24, 2.45) is 0 Å². The summed E-state index contributed by atoms with van der Waals surface area (Å²) in [7, 11) is -3.37. The second-order valence-corrected chi connectivity index (χ2v) is 8.68. The average molecular weight is 389 g/mol. The van der Waals surface area contributed by atoms with Crippen LogP contribution in [-0.4, -0.2) is 78.6 Å². The standard InChI is InChI=1S/C17H19N5O4S/c1-3-21-16(23)14-9-20(6-7-22(14)17(21)24)15-12-8-11(27(2,25)26)4-5-13(12)18-10-19-15/h4-5,8,10,14H,3,6-7,9H2,1-2H3. The molecule has 2 aliphatic heterocycles. The average Bonchev–Trinajstić information content (AvgIpc) is 2.89. The number of benzene rings is 1. The minimum atomic E-state index is -3.37. The van der Waals surface area contributed by atoms with Gasteiger partial charge in [-0.25, -0.2) is 23.2 Å². The van der Waals surface area contributed by atoms with Crippen molar-refractivity contribution in [2.45, 2.75) is 17.9 Å². The third-order valence-corrected chi connectivity index (χ3v) is 6.15. The van der Waals surface area contributed by atoms with E-state index in [-0.39, 0.29) is 16.8 Å². The van der Waals surface area contributed by atoms with Gasteiger partial charge in [0.25, 0.3) is 5.91 Å². The topological polar surface area (TPSA) is 104 Å². The van der Waals surface area contributed by atoms with Gasteiger partial charge in [-0.2, -0.15) is 0 Å². The van der Waals surface area contributed by atoms with Crippen molar-refractivity contribution in [1.82, 2.24) is 19.8 Å². The highest BCUT2D eigenvalue weighted by Gasteiger charge is 2.47. The number of urea groups is 1. The number of piperazine rings is 1. The molecule has 2 aliphatic rings. The fourth-order valence-electron chi connectivity index (χ4n) is 3.64. The molecule has 2 aromatic rings. The van der Waals surface area contributed by atoms with E-state index in [1.54, 1.807) is 24.0 Å². The number of nitrogens with zero attached hydrogens (tertiary/aromatic N) is 5. The van der Waals surface area contributed by atoms with E-state index in [1.165, 1.54) is 17.3 Å². The SMILES string of the molecule is CCN1C(=O)C2CN(c3ncnc4ccc(S(C)(=O)=O)cc34)CCN2C1=O. The third-order valence-electron chi connectivity index (χ3n) is 5.04. The van der Waals surface area contributed by atoms with Crippen molar-refractivity contribution in [3.63, 3.8) is 0 Å². The van der Waals surface area contributed by atoms with E-state index in [0.29, 0.717) is 42.9 Å². The maximum absolute atomic E-state index is 12.5. The summed E-state index contributed by atoms with van der Waals surface area (Å²) >= 11 is 0. The number of amides is 3. The summed E-state index contributed by atoms with van der Waals surface area (Å²) in [5.41, 5.74) is 0.624. The largest absolute Gasteiger partial charge is 0.352 e. The van der Waals surface area contributed by atoms with Crippen LogP contribution in [0, 0.1) is 0 Å². The van der Waals surface area contributed by atoms with Gasteiger partial charge in [-0.1, -0.05) is 0 Å². The zero-order valence-electron chi connectivity index (χ0n) is 15.0. The molecule has 0 radical (unpaired) electrons. The minimum absolute atomic E-state index is 0.189. The third kappa shape index (κ3) is 2.80. The molecule has 0 aliphatic carbocycles. The molecule has 0 N–H and O–H groups in total. The van der Waals surface area contributed by atoms with Gasteiger partial charge in [0.2, 0.25) is 0 Å². The Labute approximate surface area is 156 Å². The number of anilines is 1. The Morgan fingerprint density at radius 1 is 1.19 bits per heavy atom. The molecule has 9 nitrogen and oxygen atoms in total. The summed E-state index contributed by atoms with van der Waals surface area (Å²) in [6, 6.07) is 3.93. The molecule has 1 unspecified atom stereocenters. The van der Waals surface area contributed by atoms with Gasteiger partial charge in [0, 0.05) is 37.8 Å². The van der Waals surface area contributed by atoms with E-state index < -0.39 is 15.9 Å². The zero-order valence-corrected chi connectivity index (χ0v) is 15.8. The van der Waals surface area contributed by atoms with Gasteiger partial charge in [-0.15, -0.1) is 0 Å². The van der Waals surface area contributed by atoms with Crippen LogP contribution in [0.15, 0.2) is 29.4 Å². The number of carbonyl (C=O) groups excluding carboxylic acids is 2. The summed E-state index contributed by atoms with van der Waals surface area (Å²) in [5.74, 6) is 0.364. The predicted molar refractivity (Wildman–Crippen MR) is 98.1 cm³/mol. The first-order valence-corrected chi connectivity index (χ1v) is 10.5. The number of sulfone groups is 1. The maximum Gasteiger partial charge on any atom is 0.327 e. The van der Waals surface area contributed by atoms with Crippen LogP contribution in [0.5, 0.6) is 0 Å². The first-order valence-electron chi connectivity index (χ1n) is 8.63. The van der Waals surface area contributed by atoms with Crippen molar-refractivity contribution < 1.29 is 18.0 Å². The monoisotopic (exact) mass is 389 g/mol. The predicted octanol–water partition coefficient (Wildman–Crippen LogP) is 0.506. The molecule has 1 aromatic carbocycles. The maximum atomic E-state index is 12.5. The van der Waals surface area contributed by atoms with E-state index in [2.05, 4.69) is 9.97 Å². The molecule has 0 bridgehead atoms. The molecule has 2 saturated heterocycles. The Bertz CT molecular complexity index is 1050. The molecule has 27 heavy (non-hydrogen) atoms. The van der Waals surface area contributed by atoms with Crippen LogP contribution in [0.4, 0.5) is 10.6 Å². The van der Waals surface area contributed by atoms with E-state index in [4.69, 9.17) is 0 Å². The lowest BCUT2D eigenvalue weighted by molar-refractivity contribution is -0.128. The van der Waals surface area contributed by atoms with Crippen LogP contribution in [0.1, 0.15) is 6.92 Å². The van der Waals surface area contributed by atoms with Gasteiger partial charge < -0.3 is 9.80 Å². The van der Waals surface area contributed by atoms with Crippen LogP contribution in [0.2, 0.25) is 0 Å². The molecule has 1 aromatic heterocycles. The minimum Gasteiger partial charge on any atom is -0.352 e. The fourth-order valence-corrected chi connectivity index (χ4v) is 4.29. The number of rotatable bonds is 3. The lowest BCUT2D eigenvalue weighted by atomic mass is 10.1. The lowest BCUT2D eigenvalue weighted by Crippen LogP contribution is -2.53. The summed E-state index contributed by atoms with van der Waals surface area (Å²) in [6.07, 6.45) is 2.57. The molecule has 142 valence electrons. The molecule has 3 amide bonds. The van der Waals surface area contributed by atoms with E-state index >= 15 is 0 Å². The highest BCUT2D eigenvalue weighted by molar-refractivity contribution is 7.90. The fraction of sp³-hybridized carbons (Fsp3) is 0.412. The first-order chi connectivity index (χ1) is 12.8. The van der Waals surface area contributed by atoms with Gasteiger partial charge in [-0.3, -0.25) is 9.69 Å². The van der Waals surface area contributed by atoms with Crippen LogP contribution in [-0.2, 0) is 14.6 Å². The summed E-state index contributed by atoms with van der Waals surface area (Å²) < 4.78 is 23.8.